The SMILES string of the molecule is [CH2]C#Cc1ccccc1Cl. The molecule has 0 aliphatic carbocycles. The van der Waals surface area contributed by atoms with Crippen molar-refractivity contribution in [1.29, 1.82) is 0 Å². The molecule has 0 amide bonds. The summed E-state index contributed by atoms with van der Waals surface area (Å²) < 4.78 is 0. The van der Waals surface area contributed by atoms with E-state index in [0.29, 0.717) is 5.02 Å². The molecule has 0 nitrogen and oxygen atoms in total. The molecular weight excluding hydrogens is 144 g/mol. The first-order chi connectivity index (χ1) is 4.84. The molecule has 0 saturated carbocycles. The van der Waals surface area contributed by atoms with Crippen molar-refractivity contribution in [3.05, 3.63) is 41.8 Å². The Labute approximate surface area is 65.8 Å². The maximum absolute atomic E-state index is 5.77. The van der Waals surface area contributed by atoms with Gasteiger partial charge in [0.15, 0.2) is 0 Å². The molecule has 1 radical (unpaired) electrons. The minimum Gasteiger partial charge on any atom is -0.0968 e. The number of benzene rings is 1. The van der Waals surface area contributed by atoms with Crippen molar-refractivity contribution in [3.63, 3.8) is 0 Å². The van der Waals surface area contributed by atoms with Crippen LogP contribution in [0.5, 0.6) is 0 Å². The Morgan fingerprint density at radius 1 is 1.30 bits per heavy atom. The molecule has 0 unspecified atom stereocenters. The largest absolute Gasteiger partial charge is 0.0968 e. The maximum Gasteiger partial charge on any atom is 0.0562 e. The standard InChI is InChI=1S/C9H6Cl/c1-2-5-8-6-3-4-7-9(8)10/h3-4,6-7H,1H2. The maximum atomic E-state index is 5.77. The Hall–Kier alpha value is -0.930. The van der Waals surface area contributed by atoms with Crippen LogP contribution in [0.3, 0.4) is 0 Å². The van der Waals surface area contributed by atoms with E-state index in [2.05, 4.69) is 18.8 Å². The van der Waals surface area contributed by atoms with Gasteiger partial charge >= 0.3 is 0 Å². The first-order valence-electron chi connectivity index (χ1n) is 2.87. The van der Waals surface area contributed by atoms with Crippen molar-refractivity contribution in [2.45, 2.75) is 0 Å². The Bertz CT molecular complexity index is 278. The summed E-state index contributed by atoms with van der Waals surface area (Å²) >= 11 is 5.77. The van der Waals surface area contributed by atoms with Gasteiger partial charge in [-0.05, 0) is 12.1 Å². The van der Waals surface area contributed by atoms with Crippen molar-refractivity contribution in [1.82, 2.24) is 0 Å². The Morgan fingerprint density at radius 3 is 2.60 bits per heavy atom. The van der Waals surface area contributed by atoms with Crippen LogP contribution >= 0.6 is 11.6 Å². The van der Waals surface area contributed by atoms with E-state index in [1.807, 2.05) is 18.2 Å². The number of rotatable bonds is 0. The molecule has 0 aliphatic heterocycles. The van der Waals surface area contributed by atoms with E-state index in [4.69, 9.17) is 11.6 Å². The average molecular weight is 150 g/mol. The summed E-state index contributed by atoms with van der Waals surface area (Å²) in [6, 6.07) is 7.43. The van der Waals surface area contributed by atoms with Gasteiger partial charge < -0.3 is 0 Å². The third kappa shape index (κ3) is 1.52. The van der Waals surface area contributed by atoms with E-state index in [9.17, 15) is 0 Å². The van der Waals surface area contributed by atoms with Crippen LogP contribution in [0.4, 0.5) is 0 Å². The lowest BCUT2D eigenvalue weighted by atomic mass is 10.2. The molecule has 1 rings (SSSR count). The molecule has 10 heavy (non-hydrogen) atoms. The first kappa shape index (κ1) is 7.18. The van der Waals surface area contributed by atoms with E-state index in [1.165, 1.54) is 0 Å². The summed E-state index contributed by atoms with van der Waals surface area (Å²) in [4.78, 5) is 0. The zero-order chi connectivity index (χ0) is 7.40. The molecule has 49 valence electrons. The summed E-state index contributed by atoms with van der Waals surface area (Å²) in [6.07, 6.45) is 0. The van der Waals surface area contributed by atoms with Gasteiger partial charge in [-0.1, -0.05) is 35.6 Å². The van der Waals surface area contributed by atoms with Crippen LogP contribution in [0, 0.1) is 18.8 Å². The monoisotopic (exact) mass is 149 g/mol. The van der Waals surface area contributed by atoms with Crippen LogP contribution in [0.25, 0.3) is 0 Å². The molecule has 0 heterocycles. The van der Waals surface area contributed by atoms with Crippen molar-refractivity contribution in [2.75, 3.05) is 0 Å². The van der Waals surface area contributed by atoms with Gasteiger partial charge in [-0.2, -0.15) is 0 Å². The zero-order valence-corrected chi connectivity index (χ0v) is 6.15. The fourth-order valence-electron chi connectivity index (χ4n) is 0.658. The molecule has 1 aromatic rings. The second-order valence-electron chi connectivity index (χ2n) is 1.78. The second-order valence-corrected chi connectivity index (χ2v) is 2.19. The third-order valence-electron chi connectivity index (χ3n) is 1.10. The van der Waals surface area contributed by atoms with Crippen LogP contribution in [-0.2, 0) is 0 Å². The second kappa shape index (κ2) is 3.29. The molecule has 0 aromatic heterocycles. The molecular formula is C9H6Cl. The topological polar surface area (TPSA) is 0 Å². The van der Waals surface area contributed by atoms with E-state index in [1.54, 1.807) is 6.07 Å². The highest BCUT2D eigenvalue weighted by Crippen LogP contribution is 2.12. The normalized spacial score (nSPS) is 8.20. The molecule has 0 fully saturated rings. The van der Waals surface area contributed by atoms with Gasteiger partial charge in [-0.25, -0.2) is 0 Å². The summed E-state index contributed by atoms with van der Waals surface area (Å²) in [5.41, 5.74) is 0.833. The predicted octanol–water partition coefficient (Wildman–Crippen LogP) is 2.53. The summed E-state index contributed by atoms with van der Waals surface area (Å²) in [7, 11) is 0. The summed E-state index contributed by atoms with van der Waals surface area (Å²) in [5, 5.41) is 0.679. The van der Waals surface area contributed by atoms with E-state index in [0.717, 1.165) is 5.56 Å². The third-order valence-corrected chi connectivity index (χ3v) is 1.43. The number of hydrogen-bond donors (Lipinski definition) is 0. The molecule has 0 saturated heterocycles. The van der Waals surface area contributed by atoms with E-state index < -0.39 is 0 Å². The molecule has 1 heteroatoms. The minimum atomic E-state index is 0.679. The lowest BCUT2D eigenvalue weighted by Gasteiger charge is -1.91. The Kier molecular flexibility index (Phi) is 2.36. The summed E-state index contributed by atoms with van der Waals surface area (Å²) in [6.45, 7) is 3.40. The van der Waals surface area contributed by atoms with Gasteiger partial charge in [0.1, 0.15) is 0 Å². The predicted molar refractivity (Wildman–Crippen MR) is 43.7 cm³/mol. The van der Waals surface area contributed by atoms with Crippen molar-refractivity contribution in [3.8, 4) is 11.8 Å². The first-order valence-corrected chi connectivity index (χ1v) is 3.25. The zero-order valence-electron chi connectivity index (χ0n) is 5.39. The Balaban J connectivity index is 3.11. The minimum absolute atomic E-state index is 0.679. The summed E-state index contributed by atoms with van der Waals surface area (Å²) in [5.74, 6) is 5.32. The molecule has 0 aliphatic rings. The Morgan fingerprint density at radius 2 is 2.00 bits per heavy atom. The van der Waals surface area contributed by atoms with Crippen molar-refractivity contribution >= 4 is 11.6 Å². The van der Waals surface area contributed by atoms with Crippen LogP contribution in [0.1, 0.15) is 5.56 Å². The molecule has 0 spiro atoms. The van der Waals surface area contributed by atoms with Gasteiger partial charge in [0.25, 0.3) is 0 Å². The van der Waals surface area contributed by atoms with Crippen LogP contribution in [-0.4, -0.2) is 0 Å². The smallest absolute Gasteiger partial charge is 0.0562 e. The van der Waals surface area contributed by atoms with E-state index >= 15 is 0 Å². The molecule has 0 N–H and O–H groups in total. The fraction of sp³-hybridized carbons (Fsp3) is 0. The molecule has 1 aromatic carbocycles. The quantitative estimate of drug-likeness (QED) is 0.498. The van der Waals surface area contributed by atoms with Crippen LogP contribution in [0.2, 0.25) is 5.02 Å². The number of halogens is 1. The average Bonchev–Trinajstić information content (AvgIpc) is 1.94. The lowest BCUT2D eigenvalue weighted by Crippen LogP contribution is -1.73. The highest BCUT2D eigenvalue weighted by atomic mass is 35.5. The van der Waals surface area contributed by atoms with Crippen molar-refractivity contribution < 1.29 is 0 Å². The van der Waals surface area contributed by atoms with Crippen LogP contribution in [0.15, 0.2) is 24.3 Å². The fourth-order valence-corrected chi connectivity index (χ4v) is 0.841. The van der Waals surface area contributed by atoms with Crippen LogP contribution < -0.4 is 0 Å². The van der Waals surface area contributed by atoms with Crippen molar-refractivity contribution in [2.24, 2.45) is 0 Å². The van der Waals surface area contributed by atoms with Gasteiger partial charge in [-0.15, -0.1) is 0 Å². The van der Waals surface area contributed by atoms with E-state index in [-0.39, 0.29) is 0 Å². The number of hydrogen-bond acceptors (Lipinski definition) is 0. The highest BCUT2D eigenvalue weighted by molar-refractivity contribution is 6.31. The lowest BCUT2D eigenvalue weighted by molar-refractivity contribution is 1.65. The van der Waals surface area contributed by atoms with Gasteiger partial charge in [-0.3, -0.25) is 0 Å². The van der Waals surface area contributed by atoms with Gasteiger partial charge in [0.2, 0.25) is 0 Å². The highest BCUT2D eigenvalue weighted by Gasteiger charge is 1.90. The van der Waals surface area contributed by atoms with Gasteiger partial charge in [0.05, 0.1) is 5.02 Å². The molecule has 0 bridgehead atoms. The molecule has 0 atom stereocenters. The van der Waals surface area contributed by atoms with Gasteiger partial charge in [0, 0.05) is 12.5 Å².